The van der Waals surface area contributed by atoms with Crippen LogP contribution >= 0.6 is 0 Å². The summed E-state index contributed by atoms with van der Waals surface area (Å²) in [7, 11) is 0. The van der Waals surface area contributed by atoms with E-state index in [4.69, 9.17) is 4.74 Å². The first kappa shape index (κ1) is 21.0. The maximum Gasteiger partial charge on any atom is 0.433 e. The lowest BCUT2D eigenvalue weighted by molar-refractivity contribution is -0.235. The van der Waals surface area contributed by atoms with E-state index >= 15 is 0 Å². The third kappa shape index (κ3) is 4.31. The van der Waals surface area contributed by atoms with Gasteiger partial charge in [0.25, 0.3) is 0 Å². The third-order valence-electron chi connectivity index (χ3n) is 5.15. The van der Waals surface area contributed by atoms with Crippen molar-refractivity contribution in [2.24, 2.45) is 0 Å². The van der Waals surface area contributed by atoms with Crippen LogP contribution in [-0.2, 0) is 17.6 Å². The van der Waals surface area contributed by atoms with E-state index in [0.29, 0.717) is 11.1 Å². The van der Waals surface area contributed by atoms with Gasteiger partial charge in [-0.05, 0) is 42.2 Å². The quantitative estimate of drug-likeness (QED) is 0.591. The Morgan fingerprint density at radius 3 is 2.41 bits per heavy atom. The minimum Gasteiger partial charge on any atom is -0.478 e. The van der Waals surface area contributed by atoms with Crippen molar-refractivity contribution < 1.29 is 27.8 Å². The number of carboxylic acid groups (broad SMARTS) is 1. The zero-order valence-electron chi connectivity index (χ0n) is 16.1. The maximum absolute atomic E-state index is 14.2. The van der Waals surface area contributed by atoms with Crippen LogP contribution in [0.1, 0.15) is 42.9 Å². The molecule has 0 aromatic heterocycles. The van der Waals surface area contributed by atoms with E-state index in [1.54, 1.807) is 30.3 Å². The lowest BCUT2D eigenvalue weighted by atomic mass is 9.82. The average molecular weight is 404 g/mol. The van der Waals surface area contributed by atoms with Crippen LogP contribution in [0.2, 0.25) is 0 Å². The molecular weight excluding hydrogens is 381 g/mol. The zero-order chi connectivity index (χ0) is 21.1. The van der Waals surface area contributed by atoms with Crippen LogP contribution in [0.25, 0.3) is 6.08 Å². The van der Waals surface area contributed by atoms with Gasteiger partial charge >= 0.3 is 12.1 Å². The summed E-state index contributed by atoms with van der Waals surface area (Å²) in [4.78, 5) is 11.9. The lowest BCUT2D eigenvalue weighted by Crippen LogP contribution is -2.56. The minimum absolute atomic E-state index is 0.0440. The van der Waals surface area contributed by atoms with E-state index in [0.717, 1.165) is 37.3 Å². The summed E-state index contributed by atoms with van der Waals surface area (Å²) in [5.74, 6) is -1.59. The van der Waals surface area contributed by atoms with Crippen molar-refractivity contribution in [3.63, 3.8) is 0 Å². The fraction of sp³-hybridized carbons (Fsp3) is 0.348. The molecule has 3 rings (SSSR count). The Morgan fingerprint density at radius 1 is 1.07 bits per heavy atom. The van der Waals surface area contributed by atoms with Crippen LogP contribution in [0.3, 0.4) is 0 Å². The zero-order valence-corrected chi connectivity index (χ0v) is 16.1. The largest absolute Gasteiger partial charge is 0.478 e. The highest BCUT2D eigenvalue weighted by atomic mass is 19.4. The van der Waals surface area contributed by atoms with Gasteiger partial charge in [-0.1, -0.05) is 56.2 Å². The number of unbranched alkanes of at least 4 members (excludes halogenated alkanes) is 2. The van der Waals surface area contributed by atoms with Gasteiger partial charge in [-0.3, -0.25) is 0 Å². The van der Waals surface area contributed by atoms with Gasteiger partial charge in [0.2, 0.25) is 5.60 Å². The van der Waals surface area contributed by atoms with Gasteiger partial charge < -0.3 is 9.84 Å². The molecule has 0 radical (unpaired) electrons. The molecular formula is C23H23F3O3. The Bertz CT molecular complexity index is 903. The highest BCUT2D eigenvalue weighted by molar-refractivity contribution is 5.96. The molecule has 1 aliphatic rings. The van der Waals surface area contributed by atoms with Crippen molar-refractivity contribution >= 4 is 12.0 Å². The Balaban J connectivity index is 2.05. The summed E-state index contributed by atoms with van der Waals surface area (Å²) in [6, 6.07) is 13.0. The number of alkyl halides is 3. The molecule has 1 heterocycles. The number of benzene rings is 2. The number of aryl methyl sites for hydroxylation is 1. The molecule has 6 heteroatoms. The number of fused-ring (bicyclic) bond motifs is 1. The molecule has 2 aromatic carbocycles. The molecule has 2 aromatic rings. The van der Waals surface area contributed by atoms with E-state index in [1.165, 1.54) is 18.2 Å². The lowest BCUT2D eigenvalue weighted by Gasteiger charge is -2.39. The number of halogens is 3. The molecule has 0 spiro atoms. The normalized spacial score (nSPS) is 18.6. The summed E-state index contributed by atoms with van der Waals surface area (Å²) in [6.45, 7) is 2.09. The Hall–Kier alpha value is -2.76. The summed E-state index contributed by atoms with van der Waals surface area (Å²) in [5, 5.41) is 9.64. The summed E-state index contributed by atoms with van der Waals surface area (Å²) in [6.07, 6.45) is -0.556. The Labute approximate surface area is 167 Å². The second-order valence-corrected chi connectivity index (χ2v) is 7.28. The van der Waals surface area contributed by atoms with Crippen molar-refractivity contribution in [1.29, 1.82) is 0 Å². The average Bonchev–Trinajstić information content (AvgIpc) is 2.67. The summed E-state index contributed by atoms with van der Waals surface area (Å²) >= 11 is 0. The first-order valence-electron chi connectivity index (χ1n) is 9.65. The van der Waals surface area contributed by atoms with Crippen LogP contribution in [0, 0.1) is 0 Å². The van der Waals surface area contributed by atoms with Crippen molar-refractivity contribution in [2.75, 3.05) is 0 Å². The SMILES string of the molecule is CCCCCc1ccc2c(c1)C=C(C(=O)O)C(Cc1ccccc1)(C(F)(F)F)O2. The third-order valence-corrected chi connectivity index (χ3v) is 5.15. The number of ether oxygens (including phenoxy) is 1. The number of carbonyl (C=O) groups is 1. The van der Waals surface area contributed by atoms with Crippen molar-refractivity contribution in [3.8, 4) is 5.75 Å². The van der Waals surface area contributed by atoms with Gasteiger partial charge in [-0.25, -0.2) is 4.79 Å². The van der Waals surface area contributed by atoms with E-state index in [2.05, 4.69) is 6.92 Å². The van der Waals surface area contributed by atoms with Crippen LogP contribution in [-0.4, -0.2) is 22.9 Å². The predicted molar refractivity (Wildman–Crippen MR) is 105 cm³/mol. The molecule has 154 valence electrons. The smallest absolute Gasteiger partial charge is 0.433 e. The molecule has 0 fully saturated rings. The van der Waals surface area contributed by atoms with Gasteiger partial charge in [0.1, 0.15) is 5.75 Å². The number of rotatable bonds is 7. The van der Waals surface area contributed by atoms with E-state index in [-0.39, 0.29) is 5.75 Å². The monoisotopic (exact) mass is 404 g/mol. The van der Waals surface area contributed by atoms with Crippen molar-refractivity contribution in [3.05, 3.63) is 70.8 Å². The molecule has 0 bridgehead atoms. The van der Waals surface area contributed by atoms with Gasteiger partial charge in [-0.15, -0.1) is 0 Å². The number of hydrogen-bond acceptors (Lipinski definition) is 2. The highest BCUT2D eigenvalue weighted by Gasteiger charge is 2.63. The second-order valence-electron chi connectivity index (χ2n) is 7.28. The van der Waals surface area contributed by atoms with Crippen molar-refractivity contribution in [1.82, 2.24) is 0 Å². The first-order chi connectivity index (χ1) is 13.8. The van der Waals surface area contributed by atoms with Crippen molar-refractivity contribution in [2.45, 2.75) is 50.8 Å². The molecule has 3 nitrogen and oxygen atoms in total. The molecule has 0 aliphatic carbocycles. The molecule has 1 atom stereocenters. The van der Waals surface area contributed by atoms with E-state index in [1.807, 2.05) is 0 Å². The highest BCUT2D eigenvalue weighted by Crippen LogP contribution is 2.47. The van der Waals surface area contributed by atoms with E-state index in [9.17, 15) is 23.1 Å². The molecule has 0 amide bonds. The summed E-state index contributed by atoms with van der Waals surface area (Å²) < 4.78 is 48.2. The van der Waals surface area contributed by atoms with Crippen LogP contribution < -0.4 is 4.74 Å². The summed E-state index contributed by atoms with van der Waals surface area (Å²) in [5.41, 5.74) is -2.09. The minimum atomic E-state index is -4.91. The van der Waals surface area contributed by atoms with E-state index < -0.39 is 29.7 Å². The molecule has 0 saturated heterocycles. The predicted octanol–water partition coefficient (Wildman–Crippen LogP) is 5.82. The molecule has 29 heavy (non-hydrogen) atoms. The van der Waals surface area contributed by atoms with Crippen LogP contribution in [0.4, 0.5) is 13.2 Å². The van der Waals surface area contributed by atoms with Crippen LogP contribution in [0.5, 0.6) is 5.75 Å². The van der Waals surface area contributed by atoms with Crippen LogP contribution in [0.15, 0.2) is 54.1 Å². The number of aliphatic carboxylic acids is 1. The molecule has 0 saturated carbocycles. The Morgan fingerprint density at radius 2 is 1.79 bits per heavy atom. The first-order valence-corrected chi connectivity index (χ1v) is 9.65. The van der Waals surface area contributed by atoms with Gasteiger partial charge in [0.05, 0.1) is 5.57 Å². The fourth-order valence-corrected chi connectivity index (χ4v) is 3.61. The number of hydrogen-bond donors (Lipinski definition) is 1. The number of carboxylic acids is 1. The molecule has 1 unspecified atom stereocenters. The molecule has 1 N–H and O–H groups in total. The van der Waals surface area contributed by atoms with Gasteiger partial charge in [-0.2, -0.15) is 13.2 Å². The van der Waals surface area contributed by atoms with Gasteiger partial charge in [0, 0.05) is 12.0 Å². The topological polar surface area (TPSA) is 46.5 Å². The van der Waals surface area contributed by atoms with Gasteiger partial charge in [0.15, 0.2) is 0 Å². The standard InChI is InChI=1S/C23H23F3O3/c1-2-3-5-8-16-11-12-20-18(13-16)14-19(21(27)28)22(29-20,23(24,25)26)15-17-9-6-4-7-10-17/h4,6-7,9-14H,2-3,5,8,15H2,1H3,(H,27,28). The maximum atomic E-state index is 14.2. The second kappa shape index (κ2) is 8.31. The fourth-order valence-electron chi connectivity index (χ4n) is 3.61. The molecule has 1 aliphatic heterocycles. The Kier molecular flexibility index (Phi) is 6.01.